The standard InChI is InChI=1S/C13H19NO2/c1-9-7-10(15-2)12(11(8-9)16-3)13(14)5-4-6-13/h7-8H,4-6,14H2,1-3H3. The lowest BCUT2D eigenvalue weighted by molar-refractivity contribution is 0.234. The van der Waals surface area contributed by atoms with Crippen molar-refractivity contribution in [3.8, 4) is 11.5 Å². The maximum atomic E-state index is 6.37. The highest BCUT2D eigenvalue weighted by atomic mass is 16.5. The Kier molecular flexibility index (Phi) is 2.80. The van der Waals surface area contributed by atoms with E-state index in [-0.39, 0.29) is 5.54 Å². The number of nitrogens with two attached hydrogens (primary N) is 1. The highest BCUT2D eigenvalue weighted by molar-refractivity contribution is 5.52. The van der Waals surface area contributed by atoms with Crippen LogP contribution in [0.25, 0.3) is 0 Å². The molecule has 1 aliphatic rings. The molecule has 0 saturated heterocycles. The molecular weight excluding hydrogens is 202 g/mol. The van der Waals surface area contributed by atoms with Crippen LogP contribution in [0.1, 0.15) is 30.4 Å². The monoisotopic (exact) mass is 221 g/mol. The van der Waals surface area contributed by atoms with Crippen molar-refractivity contribution >= 4 is 0 Å². The minimum atomic E-state index is -0.260. The summed E-state index contributed by atoms with van der Waals surface area (Å²) in [5.74, 6) is 1.69. The summed E-state index contributed by atoms with van der Waals surface area (Å²) in [6.07, 6.45) is 3.18. The molecule has 0 aliphatic heterocycles. The fraction of sp³-hybridized carbons (Fsp3) is 0.538. The summed E-state index contributed by atoms with van der Waals surface area (Å²) in [4.78, 5) is 0. The van der Waals surface area contributed by atoms with E-state index in [1.807, 2.05) is 19.1 Å². The molecule has 0 amide bonds. The molecule has 0 spiro atoms. The van der Waals surface area contributed by atoms with Gasteiger partial charge in [0.15, 0.2) is 0 Å². The zero-order chi connectivity index (χ0) is 11.8. The molecule has 3 nitrogen and oxygen atoms in total. The Labute approximate surface area is 96.5 Å². The van der Waals surface area contributed by atoms with Crippen LogP contribution in [0.15, 0.2) is 12.1 Å². The molecule has 0 unspecified atom stereocenters. The van der Waals surface area contributed by atoms with E-state index in [2.05, 4.69) is 0 Å². The Morgan fingerprint density at radius 1 is 1.12 bits per heavy atom. The fourth-order valence-electron chi connectivity index (χ4n) is 2.34. The first-order valence-electron chi connectivity index (χ1n) is 5.63. The van der Waals surface area contributed by atoms with Crippen molar-refractivity contribution in [2.45, 2.75) is 31.7 Å². The molecule has 0 atom stereocenters. The predicted octanol–water partition coefficient (Wildman–Crippen LogP) is 2.35. The summed E-state index contributed by atoms with van der Waals surface area (Å²) >= 11 is 0. The fourth-order valence-corrected chi connectivity index (χ4v) is 2.34. The van der Waals surface area contributed by atoms with E-state index in [1.54, 1.807) is 14.2 Å². The Hall–Kier alpha value is -1.22. The predicted molar refractivity (Wildman–Crippen MR) is 64.0 cm³/mol. The van der Waals surface area contributed by atoms with Gasteiger partial charge in [-0.1, -0.05) is 0 Å². The second-order valence-electron chi connectivity index (χ2n) is 4.55. The summed E-state index contributed by atoms with van der Waals surface area (Å²) in [6.45, 7) is 2.03. The number of hydrogen-bond donors (Lipinski definition) is 1. The van der Waals surface area contributed by atoms with Crippen LogP contribution < -0.4 is 15.2 Å². The van der Waals surface area contributed by atoms with Crippen LogP contribution in [-0.4, -0.2) is 14.2 Å². The molecule has 88 valence electrons. The number of aryl methyl sites for hydroxylation is 1. The molecule has 0 radical (unpaired) electrons. The minimum Gasteiger partial charge on any atom is -0.496 e. The van der Waals surface area contributed by atoms with Crippen molar-refractivity contribution in [3.63, 3.8) is 0 Å². The van der Waals surface area contributed by atoms with Crippen molar-refractivity contribution in [2.75, 3.05) is 14.2 Å². The van der Waals surface area contributed by atoms with Gasteiger partial charge < -0.3 is 15.2 Å². The van der Waals surface area contributed by atoms with Gasteiger partial charge in [0.1, 0.15) is 11.5 Å². The first-order chi connectivity index (χ1) is 7.60. The highest BCUT2D eigenvalue weighted by Gasteiger charge is 2.39. The molecular formula is C13H19NO2. The summed E-state index contributed by atoms with van der Waals surface area (Å²) in [5.41, 5.74) is 8.26. The van der Waals surface area contributed by atoms with Gasteiger partial charge in [-0.3, -0.25) is 0 Å². The molecule has 0 bridgehead atoms. The molecule has 16 heavy (non-hydrogen) atoms. The molecule has 0 aromatic heterocycles. The van der Waals surface area contributed by atoms with Gasteiger partial charge in [0, 0.05) is 5.54 Å². The molecule has 2 rings (SSSR count). The van der Waals surface area contributed by atoms with Crippen molar-refractivity contribution in [3.05, 3.63) is 23.3 Å². The topological polar surface area (TPSA) is 44.5 Å². The van der Waals surface area contributed by atoms with Crippen molar-refractivity contribution < 1.29 is 9.47 Å². The Morgan fingerprint density at radius 3 is 1.94 bits per heavy atom. The normalized spacial score (nSPS) is 17.8. The summed E-state index contributed by atoms with van der Waals surface area (Å²) in [5, 5.41) is 0. The smallest absolute Gasteiger partial charge is 0.127 e. The molecule has 2 N–H and O–H groups in total. The van der Waals surface area contributed by atoms with E-state index in [1.165, 1.54) is 6.42 Å². The molecule has 1 saturated carbocycles. The summed E-state index contributed by atoms with van der Waals surface area (Å²) in [6, 6.07) is 4.04. The van der Waals surface area contributed by atoms with Crippen LogP contribution in [0.2, 0.25) is 0 Å². The SMILES string of the molecule is COc1cc(C)cc(OC)c1C1(N)CCC1. The Morgan fingerprint density at radius 2 is 1.62 bits per heavy atom. The summed E-state index contributed by atoms with van der Waals surface area (Å²) in [7, 11) is 3.36. The van der Waals surface area contributed by atoms with Crippen molar-refractivity contribution in [1.82, 2.24) is 0 Å². The third kappa shape index (κ3) is 1.65. The third-order valence-corrected chi connectivity index (χ3v) is 3.39. The second-order valence-corrected chi connectivity index (χ2v) is 4.55. The van der Waals surface area contributed by atoms with Gasteiger partial charge in [0.25, 0.3) is 0 Å². The number of benzene rings is 1. The van der Waals surface area contributed by atoms with Gasteiger partial charge >= 0.3 is 0 Å². The molecule has 1 aromatic rings. The van der Waals surface area contributed by atoms with Crippen LogP contribution >= 0.6 is 0 Å². The highest BCUT2D eigenvalue weighted by Crippen LogP contribution is 2.47. The zero-order valence-corrected chi connectivity index (χ0v) is 10.2. The first-order valence-corrected chi connectivity index (χ1v) is 5.63. The molecule has 1 fully saturated rings. The largest absolute Gasteiger partial charge is 0.496 e. The molecule has 3 heteroatoms. The van der Waals surface area contributed by atoms with Crippen molar-refractivity contribution in [2.24, 2.45) is 5.73 Å². The van der Waals surface area contributed by atoms with Crippen molar-refractivity contribution in [1.29, 1.82) is 0 Å². The summed E-state index contributed by atoms with van der Waals surface area (Å²) < 4.78 is 10.9. The van der Waals surface area contributed by atoms with Gasteiger partial charge in [-0.25, -0.2) is 0 Å². The van der Waals surface area contributed by atoms with Crippen LogP contribution in [0.5, 0.6) is 11.5 Å². The quantitative estimate of drug-likeness (QED) is 0.852. The molecule has 1 aromatic carbocycles. The van der Waals surface area contributed by atoms with E-state index < -0.39 is 0 Å². The lowest BCUT2D eigenvalue weighted by Crippen LogP contribution is -2.43. The van der Waals surface area contributed by atoms with Crippen LogP contribution in [0.4, 0.5) is 0 Å². The Bertz CT molecular complexity index is 372. The van der Waals surface area contributed by atoms with E-state index in [0.29, 0.717) is 0 Å². The van der Waals surface area contributed by atoms with E-state index >= 15 is 0 Å². The lowest BCUT2D eigenvalue weighted by Gasteiger charge is -2.40. The average molecular weight is 221 g/mol. The van der Waals surface area contributed by atoms with Crippen LogP contribution in [0.3, 0.4) is 0 Å². The van der Waals surface area contributed by atoms with Crippen LogP contribution in [-0.2, 0) is 5.54 Å². The van der Waals surface area contributed by atoms with E-state index in [4.69, 9.17) is 15.2 Å². The van der Waals surface area contributed by atoms with Gasteiger partial charge in [-0.15, -0.1) is 0 Å². The first kappa shape index (κ1) is 11.3. The molecule has 1 aliphatic carbocycles. The van der Waals surface area contributed by atoms with Crippen LogP contribution in [0, 0.1) is 6.92 Å². The van der Waals surface area contributed by atoms with Gasteiger partial charge in [0.2, 0.25) is 0 Å². The van der Waals surface area contributed by atoms with E-state index in [0.717, 1.165) is 35.5 Å². The minimum absolute atomic E-state index is 0.260. The maximum Gasteiger partial charge on any atom is 0.127 e. The van der Waals surface area contributed by atoms with E-state index in [9.17, 15) is 0 Å². The average Bonchev–Trinajstić information content (AvgIpc) is 2.24. The lowest BCUT2D eigenvalue weighted by atomic mass is 9.72. The number of hydrogen-bond acceptors (Lipinski definition) is 3. The van der Waals surface area contributed by atoms with Gasteiger partial charge in [0.05, 0.1) is 19.8 Å². The second kappa shape index (κ2) is 3.98. The van der Waals surface area contributed by atoms with Gasteiger partial charge in [-0.2, -0.15) is 0 Å². The third-order valence-electron chi connectivity index (χ3n) is 3.39. The molecule has 0 heterocycles. The van der Waals surface area contributed by atoms with Gasteiger partial charge in [-0.05, 0) is 43.9 Å². The number of methoxy groups -OCH3 is 2. The Balaban J connectivity index is 2.55. The number of ether oxygens (including phenoxy) is 2. The number of rotatable bonds is 3. The maximum absolute atomic E-state index is 6.37. The zero-order valence-electron chi connectivity index (χ0n) is 10.2.